The van der Waals surface area contributed by atoms with Crippen molar-refractivity contribution in [3.05, 3.63) is 69.5 Å². The van der Waals surface area contributed by atoms with Crippen LogP contribution in [0.1, 0.15) is 46.4 Å². The topological polar surface area (TPSA) is 73.4 Å². The molecule has 37 heavy (non-hydrogen) atoms. The Balaban J connectivity index is 1.50. The first kappa shape index (κ1) is 23.9. The Labute approximate surface area is 219 Å². The number of aromatic nitrogens is 3. The average molecular weight is 515 g/mol. The number of benzene rings is 2. The van der Waals surface area contributed by atoms with E-state index in [4.69, 9.17) is 14.2 Å². The number of amides is 1. The fourth-order valence-electron chi connectivity index (χ4n) is 5.59. The Hall–Kier alpha value is -3.49. The van der Waals surface area contributed by atoms with Crippen LogP contribution in [0.15, 0.2) is 46.3 Å². The highest BCUT2D eigenvalue weighted by atomic mass is 32.1. The normalized spacial score (nSPS) is 18.2. The lowest BCUT2D eigenvalue weighted by Crippen LogP contribution is -2.48. The van der Waals surface area contributed by atoms with Crippen LogP contribution < -0.4 is 0 Å². The second-order valence-corrected chi connectivity index (χ2v) is 11.0. The van der Waals surface area contributed by atoms with Crippen molar-refractivity contribution in [2.75, 3.05) is 13.1 Å². The summed E-state index contributed by atoms with van der Waals surface area (Å²) in [6, 6.07) is 12.5. The van der Waals surface area contributed by atoms with Crippen LogP contribution in [-0.4, -0.2) is 50.8 Å². The Morgan fingerprint density at radius 2 is 1.81 bits per heavy atom. The third-order valence-corrected chi connectivity index (χ3v) is 8.05. The van der Waals surface area contributed by atoms with Crippen molar-refractivity contribution in [1.82, 2.24) is 19.6 Å². The van der Waals surface area contributed by atoms with Crippen molar-refractivity contribution >= 4 is 39.0 Å². The van der Waals surface area contributed by atoms with Crippen molar-refractivity contribution in [2.24, 2.45) is 0 Å². The minimum atomic E-state index is 0.0304. The van der Waals surface area contributed by atoms with Crippen LogP contribution in [0.3, 0.4) is 0 Å². The predicted molar refractivity (Wildman–Crippen MR) is 146 cm³/mol. The zero-order chi connectivity index (χ0) is 25.8. The van der Waals surface area contributed by atoms with Gasteiger partial charge >= 0.3 is 0 Å². The molecule has 0 bridgehead atoms. The van der Waals surface area contributed by atoms with E-state index >= 15 is 0 Å². The molecule has 0 N–H and O–H groups in total. The minimum Gasteiger partial charge on any atom is -0.372 e. The van der Waals surface area contributed by atoms with Gasteiger partial charge in [-0.2, -0.15) is 0 Å². The number of aryl methyl sites for hydroxylation is 3. The SMILES string of the molecule is Cc1csc(Cn2c3ccc(C(=O)N4C[C@@H](C)O[C@@H](C)C4)cc3c3ccc(-c4c(C)noc4C)cc32)n1. The molecule has 6 rings (SSSR count). The quantitative estimate of drug-likeness (QED) is 0.289. The second-order valence-electron chi connectivity index (χ2n) is 10.1. The van der Waals surface area contributed by atoms with Gasteiger partial charge in [-0.05, 0) is 64.4 Å². The maximum atomic E-state index is 13.5. The molecular formula is C29H30N4O3S. The smallest absolute Gasteiger partial charge is 0.254 e. The average Bonchev–Trinajstić information content (AvgIpc) is 3.53. The highest BCUT2D eigenvalue weighted by molar-refractivity contribution is 7.09. The van der Waals surface area contributed by atoms with Crippen molar-refractivity contribution < 1.29 is 14.1 Å². The first-order valence-electron chi connectivity index (χ1n) is 12.6. The predicted octanol–water partition coefficient (Wildman–Crippen LogP) is 6.13. The van der Waals surface area contributed by atoms with Gasteiger partial charge in [-0.1, -0.05) is 17.3 Å². The molecule has 7 nitrogen and oxygen atoms in total. The van der Waals surface area contributed by atoms with Crippen molar-refractivity contribution in [1.29, 1.82) is 0 Å². The van der Waals surface area contributed by atoms with Crippen LogP contribution in [0.25, 0.3) is 32.9 Å². The number of ether oxygens (including phenoxy) is 1. The Morgan fingerprint density at radius 1 is 1.03 bits per heavy atom. The molecule has 0 unspecified atom stereocenters. The summed E-state index contributed by atoms with van der Waals surface area (Å²) in [5.74, 6) is 0.851. The number of carbonyl (C=O) groups is 1. The Kier molecular flexibility index (Phi) is 5.88. The molecule has 8 heteroatoms. The highest BCUT2D eigenvalue weighted by Gasteiger charge is 2.27. The molecule has 1 aliphatic heterocycles. The van der Waals surface area contributed by atoms with Gasteiger partial charge in [-0.15, -0.1) is 11.3 Å². The molecular weight excluding hydrogens is 484 g/mol. The van der Waals surface area contributed by atoms with Gasteiger partial charge in [0.25, 0.3) is 5.91 Å². The molecule has 2 atom stereocenters. The van der Waals surface area contributed by atoms with Gasteiger partial charge < -0.3 is 18.7 Å². The summed E-state index contributed by atoms with van der Waals surface area (Å²) in [6.45, 7) is 11.8. The molecule has 4 heterocycles. The van der Waals surface area contributed by atoms with E-state index in [1.807, 2.05) is 51.7 Å². The molecule has 0 aliphatic carbocycles. The molecule has 2 aromatic carbocycles. The second kappa shape index (κ2) is 9.11. The van der Waals surface area contributed by atoms with Gasteiger partial charge in [0.1, 0.15) is 10.8 Å². The van der Waals surface area contributed by atoms with Crippen LogP contribution in [0, 0.1) is 20.8 Å². The lowest BCUT2D eigenvalue weighted by molar-refractivity contribution is -0.0586. The Morgan fingerprint density at radius 3 is 2.49 bits per heavy atom. The fourth-order valence-corrected chi connectivity index (χ4v) is 6.35. The molecule has 1 aliphatic rings. The van der Waals surface area contributed by atoms with Crippen molar-refractivity contribution in [3.8, 4) is 11.1 Å². The van der Waals surface area contributed by atoms with E-state index in [1.165, 1.54) is 0 Å². The third kappa shape index (κ3) is 4.24. The number of carbonyl (C=O) groups excluding carboxylic acids is 1. The minimum absolute atomic E-state index is 0.0304. The van der Waals surface area contributed by atoms with Crippen LogP contribution in [0.2, 0.25) is 0 Å². The maximum Gasteiger partial charge on any atom is 0.254 e. The number of thiazole rings is 1. The van der Waals surface area contributed by atoms with Crippen molar-refractivity contribution in [2.45, 2.75) is 53.4 Å². The number of nitrogens with zero attached hydrogens (tertiary/aromatic N) is 4. The molecule has 5 aromatic rings. The standard InChI is InChI=1S/C29H30N4O3S/c1-16-15-37-27(30-16)14-33-25-9-7-22(29(34)32-12-17(2)35-18(3)13-32)10-24(25)23-8-6-21(11-26(23)33)28-19(4)31-36-20(28)5/h6-11,15,17-18H,12-14H2,1-5H3/t17-,18+. The van der Waals surface area contributed by atoms with Crippen LogP contribution in [0.5, 0.6) is 0 Å². The summed E-state index contributed by atoms with van der Waals surface area (Å²) in [6.07, 6.45) is 0.0608. The van der Waals surface area contributed by atoms with Gasteiger partial charge in [-0.3, -0.25) is 4.79 Å². The molecule has 0 saturated carbocycles. The summed E-state index contributed by atoms with van der Waals surface area (Å²) in [4.78, 5) is 20.1. The third-order valence-electron chi connectivity index (χ3n) is 7.10. The van der Waals surface area contributed by atoms with Crippen LogP contribution in [-0.2, 0) is 11.3 Å². The van der Waals surface area contributed by atoms with E-state index < -0.39 is 0 Å². The summed E-state index contributed by atoms with van der Waals surface area (Å²) in [7, 11) is 0. The van der Waals surface area contributed by atoms with Gasteiger partial charge in [-0.25, -0.2) is 4.98 Å². The summed E-state index contributed by atoms with van der Waals surface area (Å²) >= 11 is 1.67. The largest absolute Gasteiger partial charge is 0.372 e. The van der Waals surface area contributed by atoms with E-state index in [-0.39, 0.29) is 18.1 Å². The van der Waals surface area contributed by atoms with Gasteiger partial charge in [0.05, 0.1) is 30.0 Å². The lowest BCUT2D eigenvalue weighted by atomic mass is 10.0. The first-order valence-corrected chi connectivity index (χ1v) is 13.5. The number of morpholine rings is 1. The van der Waals surface area contributed by atoms with E-state index in [1.54, 1.807) is 11.3 Å². The summed E-state index contributed by atoms with van der Waals surface area (Å²) < 4.78 is 13.6. The zero-order valence-electron chi connectivity index (χ0n) is 21.7. The highest BCUT2D eigenvalue weighted by Crippen LogP contribution is 2.36. The number of fused-ring (bicyclic) bond motifs is 3. The molecule has 1 amide bonds. The molecule has 0 radical (unpaired) electrons. The van der Waals surface area contributed by atoms with Crippen LogP contribution >= 0.6 is 11.3 Å². The number of hydrogen-bond acceptors (Lipinski definition) is 6. The monoisotopic (exact) mass is 514 g/mol. The number of hydrogen-bond donors (Lipinski definition) is 0. The van der Waals surface area contributed by atoms with Gasteiger partial charge in [0.2, 0.25) is 0 Å². The van der Waals surface area contributed by atoms with Gasteiger partial charge in [0.15, 0.2) is 0 Å². The maximum absolute atomic E-state index is 13.5. The van der Waals surface area contributed by atoms with E-state index in [2.05, 4.69) is 39.4 Å². The van der Waals surface area contributed by atoms with Gasteiger partial charge in [0, 0.05) is 51.6 Å². The Bertz CT molecular complexity index is 1620. The number of rotatable bonds is 4. The molecule has 3 aromatic heterocycles. The van der Waals surface area contributed by atoms with E-state index in [0.717, 1.165) is 55.1 Å². The zero-order valence-corrected chi connectivity index (χ0v) is 22.6. The molecule has 0 spiro atoms. The summed E-state index contributed by atoms with van der Waals surface area (Å²) in [5.41, 5.74) is 6.87. The summed E-state index contributed by atoms with van der Waals surface area (Å²) in [5, 5.41) is 9.46. The van der Waals surface area contributed by atoms with Crippen LogP contribution in [0.4, 0.5) is 0 Å². The molecule has 190 valence electrons. The lowest BCUT2D eigenvalue weighted by Gasteiger charge is -2.35. The fraction of sp³-hybridized carbons (Fsp3) is 0.345. The van der Waals surface area contributed by atoms with Crippen molar-refractivity contribution in [3.63, 3.8) is 0 Å². The first-order chi connectivity index (χ1) is 17.8. The van der Waals surface area contributed by atoms with E-state index in [0.29, 0.717) is 25.2 Å². The molecule has 1 fully saturated rings. The molecule has 1 saturated heterocycles. The van der Waals surface area contributed by atoms with E-state index in [9.17, 15) is 4.79 Å².